The van der Waals surface area contributed by atoms with Crippen molar-refractivity contribution in [3.05, 3.63) is 34.6 Å². The second kappa shape index (κ2) is 8.60. The highest BCUT2D eigenvalue weighted by Crippen LogP contribution is 2.28. The molecule has 2 unspecified atom stereocenters. The van der Waals surface area contributed by atoms with Crippen molar-refractivity contribution >= 4 is 11.6 Å². The molecule has 0 aliphatic carbocycles. The van der Waals surface area contributed by atoms with E-state index in [0.29, 0.717) is 23.2 Å². The lowest BCUT2D eigenvalue weighted by Crippen LogP contribution is -2.40. The number of rotatable bonds is 8. The number of unbranched alkanes of at least 4 members (excludes halogenated alkanes) is 1. The second-order valence-electron chi connectivity index (χ2n) is 5.27. The Labute approximate surface area is 127 Å². The van der Waals surface area contributed by atoms with Crippen LogP contribution in [0.3, 0.4) is 0 Å². The number of halogens is 2. The maximum absolute atomic E-state index is 14.1. The predicted molar refractivity (Wildman–Crippen MR) is 84.6 cm³/mol. The van der Waals surface area contributed by atoms with E-state index in [9.17, 15) is 4.39 Å². The molecule has 2 atom stereocenters. The lowest BCUT2D eigenvalue weighted by atomic mass is 10.0. The van der Waals surface area contributed by atoms with Crippen LogP contribution in [-0.4, -0.2) is 24.0 Å². The van der Waals surface area contributed by atoms with Crippen molar-refractivity contribution < 1.29 is 4.39 Å². The average Bonchev–Trinajstić information content (AvgIpc) is 2.45. The van der Waals surface area contributed by atoms with Crippen LogP contribution in [0.15, 0.2) is 18.2 Å². The van der Waals surface area contributed by atoms with E-state index in [1.54, 1.807) is 12.1 Å². The maximum atomic E-state index is 14.1. The topological polar surface area (TPSA) is 29.3 Å². The van der Waals surface area contributed by atoms with E-state index in [4.69, 9.17) is 17.3 Å². The summed E-state index contributed by atoms with van der Waals surface area (Å²) in [5.74, 6) is -0.227. The van der Waals surface area contributed by atoms with E-state index in [2.05, 4.69) is 25.7 Å². The Bertz CT molecular complexity index is 411. The monoisotopic (exact) mass is 300 g/mol. The molecule has 1 aromatic rings. The molecule has 4 heteroatoms. The maximum Gasteiger partial charge on any atom is 0.128 e. The van der Waals surface area contributed by atoms with Gasteiger partial charge in [-0.1, -0.05) is 31.9 Å². The van der Waals surface area contributed by atoms with E-state index in [0.717, 1.165) is 25.8 Å². The highest BCUT2D eigenvalue weighted by atomic mass is 35.5. The van der Waals surface area contributed by atoms with E-state index in [1.807, 2.05) is 0 Å². The smallest absolute Gasteiger partial charge is 0.128 e. The highest BCUT2D eigenvalue weighted by molar-refractivity contribution is 6.30. The van der Waals surface area contributed by atoms with Gasteiger partial charge in [0, 0.05) is 23.2 Å². The summed E-state index contributed by atoms with van der Waals surface area (Å²) in [5.41, 5.74) is 6.55. The van der Waals surface area contributed by atoms with Crippen LogP contribution >= 0.6 is 11.6 Å². The molecule has 0 saturated heterocycles. The molecule has 0 fully saturated rings. The number of nitrogens with two attached hydrogens (primary N) is 1. The number of benzene rings is 1. The average molecular weight is 301 g/mol. The predicted octanol–water partition coefficient (Wildman–Crippen LogP) is 4.38. The number of nitrogens with zero attached hydrogens (tertiary/aromatic N) is 1. The molecule has 0 spiro atoms. The molecule has 1 rings (SSSR count). The van der Waals surface area contributed by atoms with Gasteiger partial charge in [-0.05, 0) is 44.5 Å². The summed E-state index contributed by atoms with van der Waals surface area (Å²) in [5, 5.41) is 0.555. The standard InChI is InChI=1S/C16H26ClFN2/c1-4-6-9-20(12(3)5-2)16(11-19)14-10-13(17)7-8-15(14)18/h7-8,10,12,16H,4-6,9,11,19H2,1-3H3. The van der Waals surface area contributed by atoms with Gasteiger partial charge in [-0.3, -0.25) is 4.90 Å². The van der Waals surface area contributed by atoms with Gasteiger partial charge >= 0.3 is 0 Å². The molecule has 0 radical (unpaired) electrons. The zero-order chi connectivity index (χ0) is 15.1. The fourth-order valence-electron chi connectivity index (χ4n) is 2.47. The molecule has 2 N–H and O–H groups in total. The summed E-state index contributed by atoms with van der Waals surface area (Å²) in [6, 6.07) is 4.96. The van der Waals surface area contributed by atoms with Crippen molar-refractivity contribution in [3.8, 4) is 0 Å². The molecule has 1 aromatic carbocycles. The third-order valence-electron chi connectivity index (χ3n) is 3.87. The summed E-state index contributed by atoms with van der Waals surface area (Å²) < 4.78 is 14.1. The van der Waals surface area contributed by atoms with Crippen LogP contribution < -0.4 is 5.73 Å². The minimum Gasteiger partial charge on any atom is -0.329 e. The van der Waals surface area contributed by atoms with Gasteiger partial charge in [0.2, 0.25) is 0 Å². The molecule has 0 aromatic heterocycles. The van der Waals surface area contributed by atoms with Gasteiger partial charge in [-0.15, -0.1) is 0 Å². The van der Waals surface area contributed by atoms with Crippen molar-refractivity contribution in [3.63, 3.8) is 0 Å². The largest absolute Gasteiger partial charge is 0.329 e. The number of hydrogen-bond donors (Lipinski definition) is 1. The Hall–Kier alpha value is -0.640. The van der Waals surface area contributed by atoms with Crippen molar-refractivity contribution in [2.24, 2.45) is 5.73 Å². The Morgan fingerprint density at radius 1 is 1.35 bits per heavy atom. The van der Waals surface area contributed by atoms with Crippen molar-refractivity contribution in [2.45, 2.75) is 52.1 Å². The fourth-order valence-corrected chi connectivity index (χ4v) is 2.65. The number of hydrogen-bond acceptors (Lipinski definition) is 2. The zero-order valence-electron chi connectivity index (χ0n) is 12.7. The van der Waals surface area contributed by atoms with Gasteiger partial charge < -0.3 is 5.73 Å². The van der Waals surface area contributed by atoms with Gasteiger partial charge in [-0.25, -0.2) is 4.39 Å². The third kappa shape index (κ3) is 4.44. The van der Waals surface area contributed by atoms with Gasteiger partial charge in [0.05, 0.1) is 6.04 Å². The Kier molecular flexibility index (Phi) is 7.49. The van der Waals surface area contributed by atoms with Crippen LogP contribution in [0.2, 0.25) is 5.02 Å². The van der Waals surface area contributed by atoms with E-state index < -0.39 is 0 Å². The molecular formula is C16H26ClFN2. The van der Waals surface area contributed by atoms with Gasteiger partial charge in [-0.2, -0.15) is 0 Å². The van der Waals surface area contributed by atoms with Crippen LogP contribution in [0.25, 0.3) is 0 Å². The Morgan fingerprint density at radius 2 is 2.05 bits per heavy atom. The van der Waals surface area contributed by atoms with Crippen molar-refractivity contribution in [2.75, 3.05) is 13.1 Å². The first kappa shape index (κ1) is 17.4. The summed E-state index contributed by atoms with van der Waals surface area (Å²) in [6.45, 7) is 7.79. The van der Waals surface area contributed by atoms with Gasteiger partial charge in [0.25, 0.3) is 0 Å². The first-order chi connectivity index (χ1) is 9.54. The fraction of sp³-hybridized carbons (Fsp3) is 0.625. The lowest BCUT2D eigenvalue weighted by molar-refractivity contribution is 0.138. The van der Waals surface area contributed by atoms with E-state index in [1.165, 1.54) is 6.07 Å². The van der Waals surface area contributed by atoms with E-state index in [-0.39, 0.29) is 11.9 Å². The van der Waals surface area contributed by atoms with Crippen molar-refractivity contribution in [1.82, 2.24) is 4.90 Å². The van der Waals surface area contributed by atoms with Crippen LogP contribution in [0.5, 0.6) is 0 Å². The summed E-state index contributed by atoms with van der Waals surface area (Å²) in [4.78, 5) is 2.30. The second-order valence-corrected chi connectivity index (χ2v) is 5.70. The summed E-state index contributed by atoms with van der Waals surface area (Å²) in [7, 11) is 0. The first-order valence-electron chi connectivity index (χ1n) is 7.45. The van der Waals surface area contributed by atoms with Crippen LogP contribution in [0, 0.1) is 5.82 Å². The van der Waals surface area contributed by atoms with E-state index >= 15 is 0 Å². The molecule has 20 heavy (non-hydrogen) atoms. The molecule has 114 valence electrons. The normalized spacial score (nSPS) is 14.6. The molecule has 2 nitrogen and oxygen atoms in total. The molecule has 0 heterocycles. The minimum absolute atomic E-state index is 0.116. The van der Waals surface area contributed by atoms with Gasteiger partial charge in [0.15, 0.2) is 0 Å². The Balaban J connectivity index is 3.07. The lowest BCUT2D eigenvalue weighted by Gasteiger charge is -2.36. The Morgan fingerprint density at radius 3 is 2.60 bits per heavy atom. The summed E-state index contributed by atoms with van der Waals surface area (Å²) >= 11 is 6.01. The molecular weight excluding hydrogens is 275 g/mol. The van der Waals surface area contributed by atoms with Crippen molar-refractivity contribution in [1.29, 1.82) is 0 Å². The minimum atomic E-state index is -0.227. The molecule has 0 amide bonds. The molecule has 0 bridgehead atoms. The molecule has 0 aliphatic rings. The zero-order valence-corrected chi connectivity index (χ0v) is 13.5. The highest BCUT2D eigenvalue weighted by Gasteiger charge is 2.25. The van der Waals surface area contributed by atoms with Crippen LogP contribution in [0.4, 0.5) is 4.39 Å². The molecule has 0 saturated carbocycles. The molecule has 0 aliphatic heterocycles. The van der Waals surface area contributed by atoms with Crippen LogP contribution in [-0.2, 0) is 0 Å². The first-order valence-corrected chi connectivity index (χ1v) is 7.83. The van der Waals surface area contributed by atoms with Crippen LogP contribution in [0.1, 0.15) is 51.6 Å². The van der Waals surface area contributed by atoms with Gasteiger partial charge in [0.1, 0.15) is 5.82 Å². The summed E-state index contributed by atoms with van der Waals surface area (Å²) in [6.07, 6.45) is 3.22. The third-order valence-corrected chi connectivity index (χ3v) is 4.10. The quantitative estimate of drug-likeness (QED) is 0.772. The SMILES string of the molecule is CCCCN(C(C)CC)C(CN)c1cc(Cl)ccc1F.